The molecule has 0 fully saturated rings. The first kappa shape index (κ1) is 15.8. The van der Waals surface area contributed by atoms with Gasteiger partial charge in [0, 0.05) is 12.6 Å². The molecule has 2 atom stereocenters. The lowest BCUT2D eigenvalue weighted by atomic mass is 9.93. The number of hydrogen-bond donors (Lipinski definition) is 4. The Hall–Kier alpha value is -1.26. The Morgan fingerprint density at radius 3 is 2.16 bits per heavy atom. The highest BCUT2D eigenvalue weighted by Crippen LogP contribution is 2.32. The van der Waals surface area contributed by atoms with Crippen LogP contribution in [0, 0.1) is 5.92 Å². The van der Waals surface area contributed by atoms with E-state index in [-0.39, 0.29) is 17.5 Å². The maximum absolute atomic E-state index is 10.2. The molecule has 4 heteroatoms. The minimum Gasteiger partial charge on any atom is -0.507 e. The maximum Gasteiger partial charge on any atom is 0.124 e. The van der Waals surface area contributed by atoms with Crippen molar-refractivity contribution in [2.24, 2.45) is 5.92 Å². The topological polar surface area (TPSA) is 72.7 Å². The zero-order valence-electron chi connectivity index (χ0n) is 12.1. The van der Waals surface area contributed by atoms with Crippen LogP contribution in [0.3, 0.4) is 0 Å². The zero-order valence-corrected chi connectivity index (χ0v) is 12.1. The summed E-state index contributed by atoms with van der Waals surface area (Å²) in [7, 11) is 0. The maximum atomic E-state index is 10.2. The summed E-state index contributed by atoms with van der Waals surface area (Å²) in [5, 5.41) is 32.9. The summed E-state index contributed by atoms with van der Waals surface area (Å²) in [6.45, 7) is 8.16. The van der Waals surface area contributed by atoms with Crippen molar-refractivity contribution in [1.82, 2.24) is 5.32 Å². The molecule has 4 N–H and O–H groups in total. The minimum absolute atomic E-state index is 0.0588. The van der Waals surface area contributed by atoms with Gasteiger partial charge in [0.25, 0.3) is 0 Å². The highest BCUT2D eigenvalue weighted by molar-refractivity contribution is 5.44. The molecule has 0 amide bonds. The average Bonchev–Trinajstić information content (AvgIpc) is 2.24. The first-order valence-electron chi connectivity index (χ1n) is 6.69. The fraction of sp³-hybridized carbons (Fsp3) is 0.600. The molecule has 2 unspecified atom stereocenters. The molecule has 0 saturated heterocycles. The van der Waals surface area contributed by atoms with Gasteiger partial charge in [0.2, 0.25) is 0 Å². The van der Waals surface area contributed by atoms with Crippen molar-refractivity contribution in [2.45, 2.75) is 45.8 Å². The molecule has 19 heavy (non-hydrogen) atoms. The molecule has 1 rings (SSSR count). The van der Waals surface area contributed by atoms with Crippen molar-refractivity contribution in [2.75, 3.05) is 6.54 Å². The molecule has 0 aliphatic carbocycles. The Morgan fingerprint density at radius 2 is 1.68 bits per heavy atom. The van der Waals surface area contributed by atoms with Crippen LogP contribution in [0.5, 0.6) is 11.5 Å². The van der Waals surface area contributed by atoms with Gasteiger partial charge in [0.05, 0.1) is 11.2 Å². The van der Waals surface area contributed by atoms with Crippen LogP contribution in [0.25, 0.3) is 0 Å². The van der Waals surface area contributed by atoms with Crippen LogP contribution >= 0.6 is 0 Å². The van der Waals surface area contributed by atoms with Crippen molar-refractivity contribution in [3.63, 3.8) is 0 Å². The van der Waals surface area contributed by atoms with Gasteiger partial charge in [0.15, 0.2) is 0 Å². The Kier molecular flexibility index (Phi) is 5.20. The second kappa shape index (κ2) is 6.26. The summed E-state index contributed by atoms with van der Waals surface area (Å²) in [6.07, 6.45) is 0.694. The number of benzene rings is 1. The van der Waals surface area contributed by atoms with E-state index < -0.39 is 5.60 Å². The molecular weight excluding hydrogens is 242 g/mol. The van der Waals surface area contributed by atoms with Gasteiger partial charge in [-0.1, -0.05) is 19.9 Å². The second-order valence-electron chi connectivity index (χ2n) is 5.91. The predicted molar refractivity (Wildman–Crippen MR) is 76.3 cm³/mol. The van der Waals surface area contributed by atoms with Gasteiger partial charge in [-0.05, 0) is 38.3 Å². The van der Waals surface area contributed by atoms with Crippen LogP contribution in [-0.4, -0.2) is 27.5 Å². The summed E-state index contributed by atoms with van der Waals surface area (Å²) < 4.78 is 0. The molecule has 0 aliphatic heterocycles. The van der Waals surface area contributed by atoms with Gasteiger partial charge in [-0.2, -0.15) is 0 Å². The first-order chi connectivity index (χ1) is 8.73. The van der Waals surface area contributed by atoms with E-state index in [1.54, 1.807) is 25.1 Å². The second-order valence-corrected chi connectivity index (χ2v) is 5.91. The lowest BCUT2D eigenvalue weighted by Gasteiger charge is -2.28. The molecule has 108 valence electrons. The van der Waals surface area contributed by atoms with Crippen LogP contribution in [0.2, 0.25) is 0 Å². The Morgan fingerprint density at radius 1 is 1.16 bits per heavy atom. The average molecular weight is 267 g/mol. The smallest absolute Gasteiger partial charge is 0.124 e. The molecule has 4 nitrogen and oxygen atoms in total. The number of aromatic hydroxyl groups is 2. The molecule has 0 aliphatic rings. The van der Waals surface area contributed by atoms with Gasteiger partial charge in [-0.3, -0.25) is 0 Å². The van der Waals surface area contributed by atoms with Gasteiger partial charge in [0.1, 0.15) is 11.5 Å². The van der Waals surface area contributed by atoms with Crippen LogP contribution in [-0.2, 0) is 0 Å². The predicted octanol–water partition coefficient (Wildman–Crippen LogP) is 2.55. The zero-order chi connectivity index (χ0) is 14.6. The normalized spacial score (nSPS) is 16.3. The largest absolute Gasteiger partial charge is 0.507 e. The van der Waals surface area contributed by atoms with E-state index in [9.17, 15) is 15.3 Å². The van der Waals surface area contributed by atoms with Crippen LogP contribution in [0.4, 0.5) is 0 Å². The van der Waals surface area contributed by atoms with E-state index in [2.05, 4.69) is 19.2 Å². The van der Waals surface area contributed by atoms with Gasteiger partial charge >= 0.3 is 0 Å². The van der Waals surface area contributed by atoms with E-state index in [0.29, 0.717) is 24.4 Å². The molecule has 1 aromatic carbocycles. The van der Waals surface area contributed by atoms with Crippen molar-refractivity contribution in [3.05, 3.63) is 23.8 Å². The molecule has 0 bridgehead atoms. The summed E-state index contributed by atoms with van der Waals surface area (Å²) in [6, 6.07) is 4.44. The summed E-state index contributed by atoms with van der Waals surface area (Å²) >= 11 is 0. The van der Waals surface area contributed by atoms with Crippen molar-refractivity contribution in [3.8, 4) is 11.5 Å². The molecule has 0 radical (unpaired) electrons. The molecular formula is C15H25NO3. The number of aliphatic hydroxyl groups is 1. The Bertz CT molecular complexity index is 396. The number of phenolic OH excluding ortho intramolecular Hbond substituents is 2. The van der Waals surface area contributed by atoms with Gasteiger partial charge in [-0.15, -0.1) is 0 Å². The fourth-order valence-corrected chi connectivity index (χ4v) is 2.41. The highest BCUT2D eigenvalue weighted by Gasteiger charge is 2.23. The molecule has 1 aromatic rings. The first-order valence-corrected chi connectivity index (χ1v) is 6.69. The van der Waals surface area contributed by atoms with Crippen LogP contribution < -0.4 is 5.32 Å². The number of rotatable bonds is 6. The SMILES string of the molecule is CC(C)CC(C)(O)CNC(C)c1c(O)cccc1O. The monoisotopic (exact) mass is 267 g/mol. The molecule has 0 saturated carbocycles. The van der Waals surface area contributed by atoms with Crippen molar-refractivity contribution >= 4 is 0 Å². The third kappa shape index (κ3) is 4.73. The molecule has 0 spiro atoms. The number of hydrogen-bond acceptors (Lipinski definition) is 4. The summed E-state index contributed by atoms with van der Waals surface area (Å²) in [5.74, 6) is 0.526. The Balaban J connectivity index is 2.68. The summed E-state index contributed by atoms with van der Waals surface area (Å²) in [4.78, 5) is 0. The third-order valence-corrected chi connectivity index (χ3v) is 3.13. The summed E-state index contributed by atoms with van der Waals surface area (Å²) in [5.41, 5.74) is -0.342. The fourth-order valence-electron chi connectivity index (χ4n) is 2.41. The van der Waals surface area contributed by atoms with Crippen molar-refractivity contribution in [1.29, 1.82) is 0 Å². The van der Waals surface area contributed by atoms with E-state index in [0.717, 1.165) is 0 Å². The highest BCUT2D eigenvalue weighted by atomic mass is 16.3. The van der Waals surface area contributed by atoms with E-state index in [1.807, 2.05) is 6.92 Å². The molecule has 0 aromatic heterocycles. The van der Waals surface area contributed by atoms with Crippen LogP contribution in [0.15, 0.2) is 18.2 Å². The third-order valence-electron chi connectivity index (χ3n) is 3.13. The lowest BCUT2D eigenvalue weighted by molar-refractivity contribution is 0.0362. The van der Waals surface area contributed by atoms with E-state index in [1.165, 1.54) is 0 Å². The number of phenols is 2. The Labute approximate surface area is 115 Å². The minimum atomic E-state index is -0.803. The standard InChI is InChI=1S/C15H25NO3/c1-10(2)8-15(4,19)9-16-11(3)14-12(17)6-5-7-13(14)18/h5-7,10-11,16-19H,8-9H2,1-4H3. The van der Waals surface area contributed by atoms with Gasteiger partial charge in [-0.25, -0.2) is 0 Å². The van der Waals surface area contributed by atoms with E-state index in [4.69, 9.17) is 0 Å². The van der Waals surface area contributed by atoms with Gasteiger partial charge < -0.3 is 20.6 Å². The van der Waals surface area contributed by atoms with E-state index >= 15 is 0 Å². The number of nitrogens with one attached hydrogen (secondary N) is 1. The van der Waals surface area contributed by atoms with Crippen molar-refractivity contribution < 1.29 is 15.3 Å². The van der Waals surface area contributed by atoms with Crippen LogP contribution in [0.1, 0.15) is 45.7 Å². The lowest BCUT2D eigenvalue weighted by Crippen LogP contribution is -2.39. The molecule has 0 heterocycles. The quantitative estimate of drug-likeness (QED) is 0.639.